The molecular formula is C12H18N. The Balaban J connectivity index is 2.13. The van der Waals surface area contributed by atoms with Crippen LogP contribution in [0.25, 0.3) is 0 Å². The fraction of sp³-hybridized carbons (Fsp3) is 0.500. The standard InChI is InChI=1S/C12H18N/c1-11(2)8-9-13-10-12-6-4-3-5-7-12/h3-4,6-7,11,13H,8-10H2,1-2H3. The summed E-state index contributed by atoms with van der Waals surface area (Å²) in [6.07, 6.45) is 1.25. The third-order valence-electron chi connectivity index (χ3n) is 2.00. The molecule has 0 aliphatic carbocycles. The Morgan fingerprint density at radius 2 is 2.31 bits per heavy atom. The van der Waals surface area contributed by atoms with E-state index in [0.717, 1.165) is 19.0 Å². The average Bonchev–Trinajstić information content (AvgIpc) is 2.14. The molecule has 0 aliphatic heterocycles. The van der Waals surface area contributed by atoms with Crippen LogP contribution in [0.5, 0.6) is 0 Å². The van der Waals surface area contributed by atoms with E-state index in [1.165, 1.54) is 12.0 Å². The van der Waals surface area contributed by atoms with Gasteiger partial charge in [-0.05, 0) is 36.6 Å². The van der Waals surface area contributed by atoms with Crippen LogP contribution in [0.2, 0.25) is 0 Å². The molecule has 0 saturated carbocycles. The van der Waals surface area contributed by atoms with Crippen molar-refractivity contribution >= 4 is 0 Å². The summed E-state index contributed by atoms with van der Waals surface area (Å²) < 4.78 is 0. The summed E-state index contributed by atoms with van der Waals surface area (Å²) in [7, 11) is 0. The zero-order chi connectivity index (χ0) is 9.52. The van der Waals surface area contributed by atoms with Crippen molar-refractivity contribution in [2.45, 2.75) is 26.8 Å². The summed E-state index contributed by atoms with van der Waals surface area (Å²) in [6.45, 7) is 6.56. The molecule has 1 aromatic rings. The zero-order valence-electron chi connectivity index (χ0n) is 8.51. The third kappa shape index (κ3) is 4.69. The van der Waals surface area contributed by atoms with Crippen molar-refractivity contribution in [2.24, 2.45) is 5.92 Å². The Hall–Kier alpha value is -0.820. The van der Waals surface area contributed by atoms with E-state index >= 15 is 0 Å². The van der Waals surface area contributed by atoms with Gasteiger partial charge in [-0.3, -0.25) is 0 Å². The maximum absolute atomic E-state index is 3.41. The first-order valence-corrected chi connectivity index (χ1v) is 4.94. The Kier molecular flexibility index (Phi) is 4.55. The second-order valence-electron chi connectivity index (χ2n) is 3.77. The van der Waals surface area contributed by atoms with Gasteiger partial charge in [-0.1, -0.05) is 32.0 Å². The van der Waals surface area contributed by atoms with Gasteiger partial charge in [-0.25, -0.2) is 0 Å². The van der Waals surface area contributed by atoms with Gasteiger partial charge in [0.2, 0.25) is 0 Å². The van der Waals surface area contributed by atoms with E-state index in [1.54, 1.807) is 0 Å². The molecule has 0 unspecified atom stereocenters. The predicted molar refractivity (Wildman–Crippen MR) is 56.4 cm³/mol. The molecular weight excluding hydrogens is 158 g/mol. The van der Waals surface area contributed by atoms with E-state index < -0.39 is 0 Å². The van der Waals surface area contributed by atoms with E-state index in [9.17, 15) is 0 Å². The molecule has 1 radical (unpaired) electrons. The van der Waals surface area contributed by atoms with Crippen molar-refractivity contribution in [3.8, 4) is 0 Å². The molecule has 0 aromatic heterocycles. The predicted octanol–water partition coefficient (Wildman–Crippen LogP) is 2.62. The lowest BCUT2D eigenvalue weighted by Crippen LogP contribution is -2.16. The van der Waals surface area contributed by atoms with Crippen LogP contribution in [-0.2, 0) is 6.54 Å². The summed E-state index contributed by atoms with van der Waals surface area (Å²) in [6, 6.07) is 11.2. The van der Waals surface area contributed by atoms with Gasteiger partial charge in [0.05, 0.1) is 0 Å². The zero-order valence-corrected chi connectivity index (χ0v) is 8.51. The minimum Gasteiger partial charge on any atom is -0.313 e. The SMILES string of the molecule is CC(C)CCNCc1c[c]ccc1. The van der Waals surface area contributed by atoms with Gasteiger partial charge in [0.1, 0.15) is 0 Å². The highest BCUT2D eigenvalue weighted by Crippen LogP contribution is 1.99. The Morgan fingerprint density at radius 1 is 1.46 bits per heavy atom. The molecule has 1 heteroatoms. The van der Waals surface area contributed by atoms with Crippen LogP contribution in [0.1, 0.15) is 25.8 Å². The summed E-state index contributed by atoms with van der Waals surface area (Å²) in [5.41, 5.74) is 1.31. The van der Waals surface area contributed by atoms with Crippen LogP contribution in [0.15, 0.2) is 24.3 Å². The van der Waals surface area contributed by atoms with E-state index in [-0.39, 0.29) is 0 Å². The van der Waals surface area contributed by atoms with Crippen molar-refractivity contribution < 1.29 is 0 Å². The number of hydrogen-bond acceptors (Lipinski definition) is 1. The van der Waals surface area contributed by atoms with Crippen molar-refractivity contribution in [3.63, 3.8) is 0 Å². The quantitative estimate of drug-likeness (QED) is 0.680. The molecule has 0 spiro atoms. The number of hydrogen-bond donors (Lipinski definition) is 1. The summed E-state index contributed by atoms with van der Waals surface area (Å²) in [4.78, 5) is 0. The highest BCUT2D eigenvalue weighted by Gasteiger charge is 1.93. The van der Waals surface area contributed by atoms with Crippen LogP contribution in [-0.4, -0.2) is 6.54 Å². The van der Waals surface area contributed by atoms with Gasteiger partial charge in [0.25, 0.3) is 0 Å². The number of nitrogens with one attached hydrogen (secondary N) is 1. The molecule has 0 fully saturated rings. The van der Waals surface area contributed by atoms with Crippen LogP contribution < -0.4 is 5.32 Å². The van der Waals surface area contributed by atoms with Crippen LogP contribution in [0, 0.1) is 12.0 Å². The average molecular weight is 176 g/mol. The van der Waals surface area contributed by atoms with E-state index in [1.807, 2.05) is 18.2 Å². The van der Waals surface area contributed by atoms with Crippen molar-refractivity contribution in [2.75, 3.05) is 6.54 Å². The Morgan fingerprint density at radius 3 is 2.92 bits per heavy atom. The van der Waals surface area contributed by atoms with E-state index in [4.69, 9.17) is 0 Å². The third-order valence-corrected chi connectivity index (χ3v) is 2.00. The van der Waals surface area contributed by atoms with Gasteiger partial charge in [0, 0.05) is 6.54 Å². The number of rotatable bonds is 5. The highest BCUT2D eigenvalue weighted by molar-refractivity contribution is 5.13. The van der Waals surface area contributed by atoms with Gasteiger partial charge in [-0.15, -0.1) is 0 Å². The second-order valence-corrected chi connectivity index (χ2v) is 3.77. The lowest BCUT2D eigenvalue weighted by atomic mass is 10.1. The molecule has 1 N–H and O–H groups in total. The fourth-order valence-electron chi connectivity index (χ4n) is 1.16. The summed E-state index contributed by atoms with van der Waals surface area (Å²) in [5.74, 6) is 0.787. The molecule has 1 rings (SSSR count). The Labute approximate surface area is 81.2 Å². The molecule has 13 heavy (non-hydrogen) atoms. The van der Waals surface area contributed by atoms with E-state index in [2.05, 4.69) is 31.3 Å². The molecule has 1 aromatic carbocycles. The largest absolute Gasteiger partial charge is 0.313 e. The van der Waals surface area contributed by atoms with E-state index in [0.29, 0.717) is 0 Å². The lowest BCUT2D eigenvalue weighted by Gasteiger charge is -2.06. The first kappa shape index (κ1) is 10.3. The smallest absolute Gasteiger partial charge is 0.0205 e. The molecule has 0 aliphatic rings. The van der Waals surface area contributed by atoms with Gasteiger partial charge in [0.15, 0.2) is 0 Å². The molecule has 71 valence electrons. The van der Waals surface area contributed by atoms with Crippen LogP contribution >= 0.6 is 0 Å². The lowest BCUT2D eigenvalue weighted by molar-refractivity contribution is 0.537. The van der Waals surface area contributed by atoms with Crippen molar-refractivity contribution in [3.05, 3.63) is 35.9 Å². The molecule has 0 heterocycles. The fourth-order valence-corrected chi connectivity index (χ4v) is 1.16. The minimum atomic E-state index is 0.787. The normalized spacial score (nSPS) is 10.7. The second kappa shape index (κ2) is 5.76. The molecule has 0 bridgehead atoms. The first-order chi connectivity index (χ1) is 6.29. The monoisotopic (exact) mass is 176 g/mol. The molecule has 1 nitrogen and oxygen atoms in total. The summed E-state index contributed by atoms with van der Waals surface area (Å²) >= 11 is 0. The first-order valence-electron chi connectivity index (χ1n) is 4.94. The molecule has 0 atom stereocenters. The Bertz CT molecular complexity index is 216. The van der Waals surface area contributed by atoms with Gasteiger partial charge in [-0.2, -0.15) is 0 Å². The maximum Gasteiger partial charge on any atom is 0.0205 e. The van der Waals surface area contributed by atoms with Crippen molar-refractivity contribution in [1.82, 2.24) is 5.32 Å². The number of benzene rings is 1. The minimum absolute atomic E-state index is 0.787. The summed E-state index contributed by atoms with van der Waals surface area (Å²) in [5, 5.41) is 3.41. The van der Waals surface area contributed by atoms with Gasteiger partial charge >= 0.3 is 0 Å². The topological polar surface area (TPSA) is 12.0 Å². The molecule has 0 amide bonds. The van der Waals surface area contributed by atoms with Gasteiger partial charge < -0.3 is 5.32 Å². The maximum atomic E-state index is 3.41. The molecule has 0 saturated heterocycles. The van der Waals surface area contributed by atoms with Crippen LogP contribution in [0.3, 0.4) is 0 Å². The van der Waals surface area contributed by atoms with Crippen LogP contribution in [0.4, 0.5) is 0 Å². The van der Waals surface area contributed by atoms with Crippen molar-refractivity contribution in [1.29, 1.82) is 0 Å². The highest BCUT2D eigenvalue weighted by atomic mass is 14.8.